The fourth-order valence-corrected chi connectivity index (χ4v) is 2.29. The number of benzene rings is 1. The molecule has 0 saturated heterocycles. The van der Waals surface area contributed by atoms with Gasteiger partial charge in [0.1, 0.15) is 5.82 Å². The van der Waals surface area contributed by atoms with Crippen LogP contribution in [0.2, 0.25) is 0 Å². The van der Waals surface area contributed by atoms with Crippen molar-refractivity contribution < 1.29 is 22.7 Å². The number of rotatable bonds is 5. The highest BCUT2D eigenvalue weighted by molar-refractivity contribution is 5.92. The van der Waals surface area contributed by atoms with Crippen LogP contribution in [0.25, 0.3) is 10.9 Å². The van der Waals surface area contributed by atoms with Gasteiger partial charge in [-0.05, 0) is 25.5 Å². The minimum atomic E-state index is -4.86. The number of nitrogens with zero attached hydrogens (tertiary/aromatic N) is 2. The molecular weight excluding hydrogens is 324 g/mol. The molecule has 130 valence electrons. The molecule has 1 aromatic carbocycles. The van der Waals surface area contributed by atoms with Gasteiger partial charge in [0, 0.05) is 29.4 Å². The van der Waals surface area contributed by atoms with Crippen LogP contribution >= 0.6 is 0 Å². The summed E-state index contributed by atoms with van der Waals surface area (Å²) in [5.41, 5.74) is -2.10. The minimum Gasteiger partial charge on any atom is -0.376 e. The van der Waals surface area contributed by atoms with E-state index in [0.29, 0.717) is 29.2 Å². The van der Waals surface area contributed by atoms with Crippen molar-refractivity contribution in [3.8, 4) is 0 Å². The molecule has 0 saturated carbocycles. The summed E-state index contributed by atoms with van der Waals surface area (Å²) in [4.78, 5) is 7.88. The lowest BCUT2D eigenvalue weighted by Gasteiger charge is -2.26. The highest BCUT2D eigenvalue weighted by atomic mass is 19.4. The van der Waals surface area contributed by atoms with Crippen molar-refractivity contribution in [2.24, 2.45) is 4.99 Å². The van der Waals surface area contributed by atoms with Crippen LogP contribution in [0.15, 0.2) is 29.3 Å². The molecule has 0 amide bonds. The second kappa shape index (κ2) is 6.84. The highest BCUT2D eigenvalue weighted by Crippen LogP contribution is 2.34. The molecule has 2 rings (SSSR count). The maximum atomic E-state index is 13.7. The number of aliphatic hydroxyl groups is 1. The van der Waals surface area contributed by atoms with Gasteiger partial charge in [-0.2, -0.15) is 13.2 Å². The highest BCUT2D eigenvalue weighted by Gasteiger charge is 2.52. The number of aliphatic imine (C=N–C) groups is 1. The first-order valence-corrected chi connectivity index (χ1v) is 7.57. The fourth-order valence-electron chi connectivity index (χ4n) is 2.29. The Kier molecular flexibility index (Phi) is 5.22. The molecule has 1 N–H and O–H groups in total. The summed E-state index contributed by atoms with van der Waals surface area (Å²) in [5, 5.41) is 10.4. The second-order valence-corrected chi connectivity index (χ2v) is 5.73. The number of aromatic nitrogens is 1. The van der Waals surface area contributed by atoms with Gasteiger partial charge in [-0.25, -0.2) is 4.39 Å². The van der Waals surface area contributed by atoms with E-state index in [1.165, 1.54) is 6.07 Å². The lowest BCUT2D eigenvalue weighted by Crippen LogP contribution is -2.46. The van der Waals surface area contributed by atoms with Crippen LogP contribution < -0.4 is 0 Å². The Morgan fingerprint density at radius 1 is 1.25 bits per heavy atom. The van der Waals surface area contributed by atoms with Gasteiger partial charge >= 0.3 is 6.18 Å². The van der Waals surface area contributed by atoms with Crippen molar-refractivity contribution in [1.82, 2.24) is 4.98 Å². The van der Waals surface area contributed by atoms with Crippen LogP contribution in [-0.4, -0.2) is 28.1 Å². The van der Waals surface area contributed by atoms with Crippen LogP contribution in [-0.2, 0) is 0 Å². The number of unbranched alkanes of at least 4 members (excludes halogenated alkanes) is 1. The molecule has 2 aromatic rings. The normalized spacial score (nSPS) is 15.1. The standard InChI is InChI=1S/C17H18F4N2O/c1-3-4-7-16(24,17(19,20)21)10-22-14-8-12(18)9-15-13(14)6-5-11(2)23-15/h5-6,8-10,24H,3-4,7H2,1-2H3. The molecular formula is C17H18F4N2O. The third kappa shape index (κ3) is 3.90. The summed E-state index contributed by atoms with van der Waals surface area (Å²) in [6.07, 6.45) is -4.22. The summed E-state index contributed by atoms with van der Waals surface area (Å²) in [6.45, 7) is 3.45. The molecule has 0 aliphatic carbocycles. The average molecular weight is 342 g/mol. The molecule has 1 unspecified atom stereocenters. The third-order valence-corrected chi connectivity index (χ3v) is 3.71. The molecule has 0 spiro atoms. The first kappa shape index (κ1) is 18.3. The first-order valence-electron chi connectivity index (χ1n) is 7.57. The van der Waals surface area contributed by atoms with Crippen molar-refractivity contribution in [3.05, 3.63) is 35.8 Å². The van der Waals surface area contributed by atoms with Gasteiger partial charge in [-0.3, -0.25) is 9.98 Å². The van der Waals surface area contributed by atoms with Gasteiger partial charge in [-0.15, -0.1) is 0 Å². The monoisotopic (exact) mass is 342 g/mol. The topological polar surface area (TPSA) is 45.5 Å². The van der Waals surface area contributed by atoms with Crippen LogP contribution in [0, 0.1) is 12.7 Å². The molecule has 0 aliphatic heterocycles. The van der Waals surface area contributed by atoms with E-state index in [1.54, 1.807) is 26.0 Å². The van der Waals surface area contributed by atoms with Gasteiger partial charge in [0.05, 0.1) is 11.2 Å². The Bertz CT molecular complexity index is 753. The predicted octanol–water partition coefficient (Wildman–Crippen LogP) is 4.87. The van der Waals surface area contributed by atoms with Crippen molar-refractivity contribution in [2.75, 3.05) is 0 Å². The van der Waals surface area contributed by atoms with E-state index < -0.39 is 24.0 Å². The summed E-state index contributed by atoms with van der Waals surface area (Å²) in [7, 11) is 0. The zero-order valence-electron chi connectivity index (χ0n) is 13.4. The van der Waals surface area contributed by atoms with Gasteiger partial charge in [0.25, 0.3) is 0 Å². The summed E-state index contributed by atoms with van der Waals surface area (Å²) in [6, 6.07) is 5.48. The summed E-state index contributed by atoms with van der Waals surface area (Å²) in [5.74, 6) is -0.656. The average Bonchev–Trinajstić information content (AvgIpc) is 2.48. The van der Waals surface area contributed by atoms with Crippen LogP contribution in [0.3, 0.4) is 0 Å². The maximum Gasteiger partial charge on any atom is 0.422 e. The maximum absolute atomic E-state index is 13.7. The molecule has 7 heteroatoms. The van der Waals surface area contributed by atoms with Crippen molar-refractivity contribution in [1.29, 1.82) is 0 Å². The largest absolute Gasteiger partial charge is 0.422 e. The minimum absolute atomic E-state index is 0.00308. The molecule has 1 atom stereocenters. The van der Waals surface area contributed by atoms with Crippen LogP contribution in [0.4, 0.5) is 23.2 Å². The second-order valence-electron chi connectivity index (χ2n) is 5.73. The van der Waals surface area contributed by atoms with Crippen molar-refractivity contribution >= 4 is 22.8 Å². The molecule has 3 nitrogen and oxygen atoms in total. The quantitative estimate of drug-likeness (QED) is 0.622. The van der Waals surface area contributed by atoms with Crippen molar-refractivity contribution in [2.45, 2.75) is 44.9 Å². The SMILES string of the molecule is CCCCC(O)(C=Nc1cc(F)cc2nc(C)ccc12)C(F)(F)F. The summed E-state index contributed by atoms with van der Waals surface area (Å²) < 4.78 is 53.1. The first-order chi connectivity index (χ1) is 11.2. The van der Waals surface area contributed by atoms with Crippen molar-refractivity contribution in [3.63, 3.8) is 0 Å². The van der Waals surface area contributed by atoms with Gasteiger partial charge < -0.3 is 5.11 Å². The lowest BCUT2D eigenvalue weighted by molar-refractivity contribution is -0.230. The molecule has 0 fully saturated rings. The lowest BCUT2D eigenvalue weighted by atomic mass is 9.97. The van der Waals surface area contributed by atoms with Crippen LogP contribution in [0.1, 0.15) is 31.9 Å². The van der Waals surface area contributed by atoms with Gasteiger partial charge in [0.2, 0.25) is 0 Å². The molecule has 0 radical (unpaired) electrons. The predicted molar refractivity (Wildman–Crippen MR) is 85.1 cm³/mol. The Morgan fingerprint density at radius 3 is 2.58 bits per heavy atom. The summed E-state index contributed by atoms with van der Waals surface area (Å²) >= 11 is 0. The van der Waals surface area contributed by atoms with E-state index in [0.717, 1.165) is 6.07 Å². The Labute approximate surface area is 137 Å². The van der Waals surface area contributed by atoms with E-state index >= 15 is 0 Å². The van der Waals surface area contributed by atoms with E-state index in [4.69, 9.17) is 0 Å². The Balaban J connectivity index is 2.48. The number of halogens is 4. The zero-order chi connectivity index (χ0) is 18.0. The number of fused-ring (bicyclic) bond motifs is 1. The number of pyridine rings is 1. The number of alkyl halides is 3. The van der Waals surface area contributed by atoms with E-state index in [-0.39, 0.29) is 12.1 Å². The molecule has 1 heterocycles. The molecule has 24 heavy (non-hydrogen) atoms. The number of aryl methyl sites for hydroxylation is 1. The van der Waals surface area contributed by atoms with Gasteiger partial charge in [-0.1, -0.05) is 19.8 Å². The smallest absolute Gasteiger partial charge is 0.376 e. The van der Waals surface area contributed by atoms with E-state index in [1.807, 2.05) is 0 Å². The Morgan fingerprint density at radius 2 is 1.96 bits per heavy atom. The zero-order valence-corrected chi connectivity index (χ0v) is 13.4. The Hall–Kier alpha value is -2.02. The number of hydrogen-bond acceptors (Lipinski definition) is 3. The fraction of sp³-hybridized carbons (Fsp3) is 0.412. The van der Waals surface area contributed by atoms with E-state index in [2.05, 4.69) is 9.98 Å². The van der Waals surface area contributed by atoms with Crippen LogP contribution in [0.5, 0.6) is 0 Å². The van der Waals surface area contributed by atoms with Gasteiger partial charge in [0.15, 0.2) is 5.60 Å². The van der Waals surface area contributed by atoms with E-state index in [9.17, 15) is 22.7 Å². The number of hydrogen-bond donors (Lipinski definition) is 1. The molecule has 0 aliphatic rings. The third-order valence-electron chi connectivity index (χ3n) is 3.71. The molecule has 1 aromatic heterocycles. The molecule has 0 bridgehead atoms.